The highest BCUT2D eigenvalue weighted by Gasteiger charge is 2.19. The quantitative estimate of drug-likeness (QED) is 0.740. The van der Waals surface area contributed by atoms with Crippen LogP contribution in [-0.4, -0.2) is 6.04 Å². The molecule has 94 valence electrons. The lowest BCUT2D eigenvalue weighted by atomic mass is 9.83. The highest BCUT2D eigenvalue weighted by Crippen LogP contribution is 2.31. The van der Waals surface area contributed by atoms with Crippen molar-refractivity contribution < 1.29 is 0 Å². The van der Waals surface area contributed by atoms with Crippen molar-refractivity contribution >= 4 is 0 Å². The third kappa shape index (κ3) is 4.08. The third-order valence-electron chi connectivity index (χ3n) is 4.78. The molecule has 2 aliphatic rings. The van der Waals surface area contributed by atoms with Gasteiger partial charge in [-0.1, -0.05) is 57.8 Å². The van der Waals surface area contributed by atoms with E-state index in [1.165, 1.54) is 77.0 Å². The molecular formula is C15H29N. The van der Waals surface area contributed by atoms with Gasteiger partial charge in [0.25, 0.3) is 0 Å². The predicted octanol–water partition coefficient (Wildman–Crippen LogP) is 4.25. The molecule has 0 heterocycles. The highest BCUT2D eigenvalue weighted by atomic mass is 14.6. The van der Waals surface area contributed by atoms with Gasteiger partial charge in [-0.2, -0.15) is 0 Å². The summed E-state index contributed by atoms with van der Waals surface area (Å²) in [7, 11) is 0. The summed E-state index contributed by atoms with van der Waals surface area (Å²) in [6.45, 7) is 0. The minimum Gasteiger partial charge on any atom is -0.328 e. The SMILES string of the molecule is NC(CCC1CCCC1)CC1CCCCC1. The lowest BCUT2D eigenvalue weighted by Crippen LogP contribution is -2.25. The molecule has 2 rings (SSSR count). The second-order valence-corrected chi connectivity index (χ2v) is 6.23. The summed E-state index contributed by atoms with van der Waals surface area (Å²) in [6.07, 6.45) is 17.2. The van der Waals surface area contributed by atoms with E-state index in [-0.39, 0.29) is 0 Å². The van der Waals surface area contributed by atoms with E-state index in [0.29, 0.717) is 6.04 Å². The van der Waals surface area contributed by atoms with E-state index in [2.05, 4.69) is 0 Å². The Balaban J connectivity index is 1.57. The Bertz CT molecular complexity index is 178. The van der Waals surface area contributed by atoms with Crippen LogP contribution in [0.3, 0.4) is 0 Å². The summed E-state index contributed by atoms with van der Waals surface area (Å²) in [4.78, 5) is 0. The van der Waals surface area contributed by atoms with Crippen LogP contribution < -0.4 is 5.73 Å². The molecular weight excluding hydrogens is 194 g/mol. The third-order valence-corrected chi connectivity index (χ3v) is 4.78. The largest absolute Gasteiger partial charge is 0.328 e. The van der Waals surface area contributed by atoms with Gasteiger partial charge in [0.05, 0.1) is 0 Å². The molecule has 2 saturated carbocycles. The fourth-order valence-electron chi connectivity index (χ4n) is 3.72. The molecule has 0 amide bonds. The molecule has 0 saturated heterocycles. The van der Waals surface area contributed by atoms with Gasteiger partial charge in [-0.05, 0) is 31.1 Å². The molecule has 1 atom stereocenters. The van der Waals surface area contributed by atoms with Crippen LogP contribution in [0.15, 0.2) is 0 Å². The van der Waals surface area contributed by atoms with Crippen LogP contribution >= 0.6 is 0 Å². The Morgan fingerprint density at radius 3 is 2.06 bits per heavy atom. The lowest BCUT2D eigenvalue weighted by molar-refractivity contribution is 0.304. The van der Waals surface area contributed by atoms with Crippen LogP contribution in [-0.2, 0) is 0 Å². The van der Waals surface area contributed by atoms with Crippen molar-refractivity contribution in [3.8, 4) is 0 Å². The molecule has 2 N–H and O–H groups in total. The fourth-order valence-corrected chi connectivity index (χ4v) is 3.72. The van der Waals surface area contributed by atoms with E-state index in [1.54, 1.807) is 0 Å². The van der Waals surface area contributed by atoms with Crippen LogP contribution in [0.2, 0.25) is 0 Å². The van der Waals surface area contributed by atoms with Crippen molar-refractivity contribution in [3.63, 3.8) is 0 Å². The van der Waals surface area contributed by atoms with Crippen molar-refractivity contribution in [2.75, 3.05) is 0 Å². The molecule has 1 heteroatoms. The molecule has 0 aliphatic heterocycles. The molecule has 0 spiro atoms. The molecule has 16 heavy (non-hydrogen) atoms. The molecule has 0 bridgehead atoms. The molecule has 0 aromatic rings. The fraction of sp³-hybridized carbons (Fsp3) is 1.00. The Morgan fingerprint density at radius 1 is 0.812 bits per heavy atom. The number of hydrogen-bond donors (Lipinski definition) is 1. The van der Waals surface area contributed by atoms with Gasteiger partial charge in [-0.3, -0.25) is 0 Å². The molecule has 0 radical (unpaired) electrons. The average Bonchev–Trinajstić information content (AvgIpc) is 2.81. The van der Waals surface area contributed by atoms with E-state index in [0.717, 1.165) is 11.8 Å². The van der Waals surface area contributed by atoms with Crippen molar-refractivity contribution in [2.24, 2.45) is 17.6 Å². The van der Waals surface area contributed by atoms with E-state index in [9.17, 15) is 0 Å². The zero-order chi connectivity index (χ0) is 11.2. The summed E-state index contributed by atoms with van der Waals surface area (Å²) in [6, 6.07) is 0.503. The summed E-state index contributed by atoms with van der Waals surface area (Å²) in [5.74, 6) is 1.99. The minimum atomic E-state index is 0.503. The Labute approximate surface area is 101 Å². The zero-order valence-electron chi connectivity index (χ0n) is 10.8. The van der Waals surface area contributed by atoms with Gasteiger partial charge in [0.1, 0.15) is 0 Å². The molecule has 2 aliphatic carbocycles. The minimum absolute atomic E-state index is 0.503. The van der Waals surface area contributed by atoms with Crippen LogP contribution in [0.5, 0.6) is 0 Å². The van der Waals surface area contributed by atoms with Gasteiger partial charge in [0.15, 0.2) is 0 Å². The monoisotopic (exact) mass is 223 g/mol. The van der Waals surface area contributed by atoms with Crippen LogP contribution in [0.1, 0.15) is 77.0 Å². The van der Waals surface area contributed by atoms with Gasteiger partial charge in [-0.25, -0.2) is 0 Å². The van der Waals surface area contributed by atoms with E-state index in [4.69, 9.17) is 5.73 Å². The highest BCUT2D eigenvalue weighted by molar-refractivity contribution is 4.75. The van der Waals surface area contributed by atoms with Crippen molar-refractivity contribution in [2.45, 2.75) is 83.1 Å². The van der Waals surface area contributed by atoms with Crippen LogP contribution in [0.25, 0.3) is 0 Å². The molecule has 0 aromatic carbocycles. The van der Waals surface area contributed by atoms with Crippen LogP contribution in [0.4, 0.5) is 0 Å². The maximum absolute atomic E-state index is 6.28. The van der Waals surface area contributed by atoms with Gasteiger partial charge >= 0.3 is 0 Å². The average molecular weight is 223 g/mol. The summed E-state index contributed by atoms with van der Waals surface area (Å²) >= 11 is 0. The number of nitrogens with two attached hydrogens (primary N) is 1. The first-order valence-corrected chi connectivity index (χ1v) is 7.60. The first-order valence-electron chi connectivity index (χ1n) is 7.60. The lowest BCUT2D eigenvalue weighted by Gasteiger charge is -2.25. The molecule has 1 nitrogen and oxygen atoms in total. The van der Waals surface area contributed by atoms with Gasteiger partial charge in [0, 0.05) is 6.04 Å². The summed E-state index contributed by atoms with van der Waals surface area (Å²) < 4.78 is 0. The Morgan fingerprint density at radius 2 is 1.38 bits per heavy atom. The second-order valence-electron chi connectivity index (χ2n) is 6.23. The summed E-state index contributed by atoms with van der Waals surface area (Å²) in [5.41, 5.74) is 6.28. The smallest absolute Gasteiger partial charge is 0.00415 e. The first kappa shape index (κ1) is 12.4. The van der Waals surface area contributed by atoms with E-state index < -0.39 is 0 Å². The molecule has 0 aromatic heterocycles. The van der Waals surface area contributed by atoms with Crippen LogP contribution in [0, 0.1) is 11.8 Å². The van der Waals surface area contributed by atoms with E-state index in [1.807, 2.05) is 0 Å². The van der Waals surface area contributed by atoms with Gasteiger partial charge < -0.3 is 5.73 Å². The van der Waals surface area contributed by atoms with Crippen molar-refractivity contribution in [3.05, 3.63) is 0 Å². The van der Waals surface area contributed by atoms with Gasteiger partial charge in [0.2, 0.25) is 0 Å². The maximum atomic E-state index is 6.28. The standard InChI is InChI=1S/C15H29N/c16-15(11-10-13-6-4-5-7-13)12-14-8-2-1-3-9-14/h13-15H,1-12,16H2. The Kier molecular flexibility index (Phi) is 5.15. The van der Waals surface area contributed by atoms with Crippen molar-refractivity contribution in [1.29, 1.82) is 0 Å². The molecule has 2 fully saturated rings. The van der Waals surface area contributed by atoms with E-state index >= 15 is 0 Å². The summed E-state index contributed by atoms with van der Waals surface area (Å²) in [5, 5.41) is 0. The van der Waals surface area contributed by atoms with Crippen molar-refractivity contribution in [1.82, 2.24) is 0 Å². The maximum Gasteiger partial charge on any atom is 0.00415 e. The number of hydrogen-bond acceptors (Lipinski definition) is 1. The topological polar surface area (TPSA) is 26.0 Å². The predicted molar refractivity (Wildman–Crippen MR) is 70.4 cm³/mol. The van der Waals surface area contributed by atoms with Gasteiger partial charge in [-0.15, -0.1) is 0 Å². The normalized spacial score (nSPS) is 26.1. The zero-order valence-corrected chi connectivity index (χ0v) is 10.8. The molecule has 1 unspecified atom stereocenters. The number of rotatable bonds is 5. The second kappa shape index (κ2) is 6.64. The Hall–Kier alpha value is -0.0400. The first-order chi connectivity index (χ1) is 7.84.